The van der Waals surface area contributed by atoms with Crippen LogP contribution in [0.5, 0.6) is 0 Å². The Morgan fingerprint density at radius 2 is 0.849 bits per heavy atom. The van der Waals surface area contributed by atoms with Crippen LogP contribution in [-0.4, -0.2) is 22.6 Å². The lowest BCUT2D eigenvalue weighted by Gasteiger charge is -2.40. The van der Waals surface area contributed by atoms with Crippen molar-refractivity contribution in [2.45, 2.75) is 0 Å². The van der Waals surface area contributed by atoms with Crippen molar-refractivity contribution in [3.05, 3.63) is 182 Å². The van der Waals surface area contributed by atoms with Gasteiger partial charge in [0.25, 0.3) is 0 Å². The molecule has 0 bridgehead atoms. The third kappa shape index (κ3) is 4.59. The third-order valence-electron chi connectivity index (χ3n) is 11.1. The molecule has 7 aromatic carbocycles. The van der Waals surface area contributed by atoms with Crippen molar-refractivity contribution in [2.75, 3.05) is 22.9 Å². The molecule has 11 rings (SSSR count). The summed E-state index contributed by atoms with van der Waals surface area (Å²) >= 11 is 0. The van der Waals surface area contributed by atoms with Gasteiger partial charge in [-0.25, -0.2) is 0 Å². The van der Waals surface area contributed by atoms with Crippen LogP contribution in [0.4, 0.5) is 22.7 Å². The number of anilines is 4. The first-order valence-electron chi connectivity index (χ1n) is 18.3. The molecule has 0 spiro atoms. The second-order valence-corrected chi connectivity index (χ2v) is 13.9. The molecule has 9 aromatic rings. The van der Waals surface area contributed by atoms with E-state index in [4.69, 9.17) is 4.98 Å². The number of para-hydroxylation sites is 4. The van der Waals surface area contributed by atoms with E-state index in [1.165, 1.54) is 72.4 Å². The SMILES string of the molecule is c1ccc(N2CCN(c3ccccc3)c3cc4c(cc32)-c2ccc(-n3c5ccccc5c5ccccc53)cc2-c2ccccc2-c2cccnc2-4)cc1. The van der Waals surface area contributed by atoms with E-state index >= 15 is 0 Å². The molecule has 0 amide bonds. The zero-order valence-electron chi connectivity index (χ0n) is 29.0. The van der Waals surface area contributed by atoms with Crippen LogP contribution in [0.1, 0.15) is 0 Å². The van der Waals surface area contributed by atoms with Crippen molar-refractivity contribution >= 4 is 44.6 Å². The van der Waals surface area contributed by atoms with Crippen molar-refractivity contribution in [3.63, 3.8) is 0 Å². The Morgan fingerprint density at radius 1 is 0.358 bits per heavy atom. The van der Waals surface area contributed by atoms with E-state index in [1.54, 1.807) is 0 Å². The second-order valence-electron chi connectivity index (χ2n) is 13.9. The van der Waals surface area contributed by atoms with Crippen molar-refractivity contribution in [3.8, 4) is 50.3 Å². The fourth-order valence-corrected chi connectivity index (χ4v) is 8.74. The molecule has 0 atom stereocenters. The molecule has 0 unspecified atom stereocenters. The van der Waals surface area contributed by atoms with Crippen LogP contribution in [-0.2, 0) is 0 Å². The van der Waals surface area contributed by atoms with Crippen LogP contribution >= 0.6 is 0 Å². The minimum atomic E-state index is 0.862. The van der Waals surface area contributed by atoms with E-state index in [1.807, 2.05) is 6.20 Å². The highest BCUT2D eigenvalue weighted by atomic mass is 15.3. The Bertz CT molecular complexity index is 2800. The Morgan fingerprint density at radius 3 is 1.49 bits per heavy atom. The van der Waals surface area contributed by atoms with Gasteiger partial charge >= 0.3 is 0 Å². The minimum absolute atomic E-state index is 0.862. The highest BCUT2D eigenvalue weighted by Gasteiger charge is 2.30. The summed E-state index contributed by atoms with van der Waals surface area (Å²) < 4.78 is 2.42. The summed E-state index contributed by atoms with van der Waals surface area (Å²) in [7, 11) is 0. The number of aromatic nitrogens is 2. The largest absolute Gasteiger partial charge is 0.338 e. The number of benzene rings is 7. The second kappa shape index (κ2) is 11.8. The smallest absolute Gasteiger partial charge is 0.0787 e. The lowest BCUT2D eigenvalue weighted by atomic mass is 9.82. The third-order valence-corrected chi connectivity index (χ3v) is 11.1. The van der Waals surface area contributed by atoms with Crippen molar-refractivity contribution in [1.82, 2.24) is 9.55 Å². The van der Waals surface area contributed by atoms with E-state index in [2.05, 4.69) is 190 Å². The van der Waals surface area contributed by atoms with Crippen LogP contribution in [0.15, 0.2) is 182 Å². The van der Waals surface area contributed by atoms with E-state index in [0.717, 1.165) is 35.6 Å². The van der Waals surface area contributed by atoms with Gasteiger partial charge in [-0.15, -0.1) is 0 Å². The maximum atomic E-state index is 5.15. The van der Waals surface area contributed by atoms with E-state index in [0.29, 0.717) is 0 Å². The van der Waals surface area contributed by atoms with Gasteiger partial charge in [-0.1, -0.05) is 109 Å². The number of hydrogen-bond donors (Lipinski definition) is 0. The molecule has 53 heavy (non-hydrogen) atoms. The molecule has 1 aliphatic heterocycles. The monoisotopic (exact) mass is 678 g/mol. The Labute approximate surface area is 308 Å². The Hall–Kier alpha value is -6.91. The summed E-state index contributed by atoms with van der Waals surface area (Å²) in [6, 6.07) is 64.1. The average molecular weight is 679 g/mol. The molecule has 4 heteroatoms. The number of hydrogen-bond acceptors (Lipinski definition) is 3. The van der Waals surface area contributed by atoms with Gasteiger partial charge in [0.1, 0.15) is 0 Å². The quantitative estimate of drug-likeness (QED) is 0.186. The first-order chi connectivity index (χ1) is 26.3. The molecule has 2 aliphatic rings. The zero-order chi connectivity index (χ0) is 34.9. The molecule has 4 nitrogen and oxygen atoms in total. The number of pyridine rings is 1. The Balaban J connectivity index is 1.23. The first kappa shape index (κ1) is 29.8. The maximum absolute atomic E-state index is 5.15. The molecule has 2 aromatic heterocycles. The molecule has 0 radical (unpaired) electrons. The molecule has 0 fully saturated rings. The average Bonchev–Trinajstić information content (AvgIpc) is 3.57. The van der Waals surface area contributed by atoms with Gasteiger partial charge in [0.15, 0.2) is 0 Å². The van der Waals surface area contributed by atoms with Gasteiger partial charge in [-0.05, 0) is 94.5 Å². The highest BCUT2D eigenvalue weighted by Crippen LogP contribution is 2.52. The molecule has 3 heterocycles. The van der Waals surface area contributed by atoms with Crippen LogP contribution in [0.3, 0.4) is 0 Å². The standard InChI is InChI=1S/C49H34N4/c1-3-14-33(15-4-1)51-28-29-52(34-16-5-2-6-17-34)48-32-44-43(31-47(48)51)38-26-25-35(53-45-23-11-9-20-39(45)40-21-10-12-24-46(40)53)30-42(38)37-19-8-7-18-36(37)41-22-13-27-50-49(41)44/h1-27,30-32H,28-29H2. The van der Waals surface area contributed by atoms with Gasteiger partial charge in [0.05, 0.1) is 28.1 Å². The van der Waals surface area contributed by atoms with Crippen LogP contribution in [0.25, 0.3) is 72.1 Å². The predicted molar refractivity (Wildman–Crippen MR) is 221 cm³/mol. The van der Waals surface area contributed by atoms with Gasteiger partial charge in [-0.3, -0.25) is 4.98 Å². The lowest BCUT2D eigenvalue weighted by molar-refractivity contribution is 0.850. The summed E-state index contributed by atoms with van der Waals surface area (Å²) in [6.45, 7) is 1.73. The summed E-state index contributed by atoms with van der Waals surface area (Å²) in [6.07, 6.45) is 1.93. The molecular weight excluding hydrogens is 645 g/mol. The van der Waals surface area contributed by atoms with E-state index < -0.39 is 0 Å². The maximum Gasteiger partial charge on any atom is 0.0787 e. The van der Waals surface area contributed by atoms with Crippen molar-refractivity contribution < 1.29 is 0 Å². The fourth-order valence-electron chi connectivity index (χ4n) is 8.74. The van der Waals surface area contributed by atoms with Gasteiger partial charge in [0.2, 0.25) is 0 Å². The van der Waals surface area contributed by atoms with Gasteiger partial charge < -0.3 is 14.4 Å². The molecule has 250 valence electrons. The number of fused-ring (bicyclic) bond motifs is 12. The van der Waals surface area contributed by atoms with Crippen molar-refractivity contribution in [2.24, 2.45) is 0 Å². The van der Waals surface area contributed by atoms with E-state index in [9.17, 15) is 0 Å². The lowest BCUT2D eigenvalue weighted by Crippen LogP contribution is -2.36. The zero-order valence-corrected chi connectivity index (χ0v) is 29.0. The molecule has 0 N–H and O–H groups in total. The summed E-state index contributed by atoms with van der Waals surface area (Å²) in [5, 5.41) is 2.52. The minimum Gasteiger partial charge on any atom is -0.338 e. The normalized spacial score (nSPS) is 13.1. The molecular formula is C49H34N4. The fraction of sp³-hybridized carbons (Fsp3) is 0.0408. The summed E-state index contributed by atoms with van der Waals surface area (Å²) in [4.78, 5) is 10.1. The van der Waals surface area contributed by atoms with Crippen LogP contribution < -0.4 is 9.80 Å². The van der Waals surface area contributed by atoms with Crippen LogP contribution in [0, 0.1) is 0 Å². The number of nitrogens with zero attached hydrogens (tertiary/aromatic N) is 4. The molecule has 0 saturated carbocycles. The summed E-state index contributed by atoms with van der Waals surface area (Å²) in [5.41, 5.74) is 17.5. The Kier molecular flexibility index (Phi) is 6.65. The van der Waals surface area contributed by atoms with Gasteiger partial charge in [-0.2, -0.15) is 0 Å². The van der Waals surface area contributed by atoms with Gasteiger partial charge in [0, 0.05) is 58.2 Å². The van der Waals surface area contributed by atoms with E-state index in [-0.39, 0.29) is 0 Å². The molecule has 1 aliphatic carbocycles. The van der Waals surface area contributed by atoms with Crippen molar-refractivity contribution in [1.29, 1.82) is 0 Å². The topological polar surface area (TPSA) is 24.3 Å². The first-order valence-corrected chi connectivity index (χ1v) is 18.3. The predicted octanol–water partition coefficient (Wildman–Crippen LogP) is 12.4. The van der Waals surface area contributed by atoms with Crippen LogP contribution in [0.2, 0.25) is 0 Å². The number of rotatable bonds is 3. The highest BCUT2D eigenvalue weighted by molar-refractivity contribution is 6.10. The summed E-state index contributed by atoms with van der Waals surface area (Å²) in [5.74, 6) is 0. The molecule has 0 saturated heterocycles.